The third-order valence-electron chi connectivity index (χ3n) is 2.46. The highest BCUT2D eigenvalue weighted by atomic mass is 32.2. The lowest BCUT2D eigenvalue weighted by Crippen LogP contribution is -2.25. The highest BCUT2D eigenvalue weighted by molar-refractivity contribution is 7.98. The highest BCUT2D eigenvalue weighted by Gasteiger charge is 2.33. The summed E-state index contributed by atoms with van der Waals surface area (Å²) in [5.74, 6) is 1.12. The number of alkyl halides is 3. The molecule has 0 fully saturated rings. The summed E-state index contributed by atoms with van der Waals surface area (Å²) in [6.07, 6.45) is -2.49. The predicted molar refractivity (Wildman–Crippen MR) is 68.8 cm³/mol. The molecule has 1 heterocycles. The fraction of sp³-hybridized carbons (Fsp3) is 0.545. The molecule has 2 N–H and O–H groups in total. The van der Waals surface area contributed by atoms with Gasteiger partial charge in [0, 0.05) is 31.5 Å². The van der Waals surface area contributed by atoms with E-state index in [1.807, 2.05) is 6.26 Å². The Labute approximate surface area is 109 Å². The fourth-order valence-electron chi connectivity index (χ4n) is 1.46. The molecule has 0 atom stereocenters. The smallest absolute Gasteiger partial charge is 0.359 e. The van der Waals surface area contributed by atoms with Crippen molar-refractivity contribution >= 4 is 17.6 Å². The van der Waals surface area contributed by atoms with Gasteiger partial charge in [0.25, 0.3) is 0 Å². The lowest BCUT2D eigenvalue weighted by molar-refractivity contribution is -0.141. The Morgan fingerprint density at radius 1 is 1.39 bits per heavy atom. The second-order valence-electron chi connectivity index (χ2n) is 3.80. The van der Waals surface area contributed by atoms with E-state index < -0.39 is 11.9 Å². The molecular formula is C11H16F3N3S. The van der Waals surface area contributed by atoms with Crippen LogP contribution in [-0.4, -0.2) is 30.6 Å². The van der Waals surface area contributed by atoms with Crippen molar-refractivity contribution in [3.8, 4) is 0 Å². The first-order valence-corrected chi connectivity index (χ1v) is 6.76. The van der Waals surface area contributed by atoms with Gasteiger partial charge in [-0.05, 0) is 12.3 Å². The van der Waals surface area contributed by atoms with Crippen LogP contribution in [0.4, 0.5) is 19.0 Å². The zero-order chi connectivity index (χ0) is 13.8. The van der Waals surface area contributed by atoms with Gasteiger partial charge < -0.3 is 10.6 Å². The molecule has 0 bridgehead atoms. The van der Waals surface area contributed by atoms with Gasteiger partial charge in [0.05, 0.1) is 0 Å². The minimum absolute atomic E-state index is 0.171. The van der Waals surface area contributed by atoms with Crippen molar-refractivity contribution in [3.05, 3.63) is 23.4 Å². The van der Waals surface area contributed by atoms with Crippen LogP contribution >= 0.6 is 11.8 Å². The molecule has 0 unspecified atom stereocenters. The molecule has 0 aromatic carbocycles. The standard InChI is InChI=1S/C11H16F3N3S/c1-17(5-6-18-2)10-8(7-15)3-4-9(16-10)11(12,13)14/h3-4H,5-7,15H2,1-2H3. The lowest BCUT2D eigenvalue weighted by atomic mass is 10.2. The largest absolute Gasteiger partial charge is 0.433 e. The van der Waals surface area contributed by atoms with Crippen molar-refractivity contribution in [3.63, 3.8) is 0 Å². The second-order valence-corrected chi connectivity index (χ2v) is 4.78. The molecular weight excluding hydrogens is 263 g/mol. The molecule has 1 rings (SSSR count). The minimum Gasteiger partial charge on any atom is -0.359 e. The number of hydrogen-bond acceptors (Lipinski definition) is 4. The van der Waals surface area contributed by atoms with Crippen LogP contribution in [0.15, 0.2) is 12.1 Å². The van der Waals surface area contributed by atoms with Crippen LogP contribution in [-0.2, 0) is 12.7 Å². The molecule has 0 aliphatic rings. The quantitative estimate of drug-likeness (QED) is 0.898. The van der Waals surface area contributed by atoms with Crippen LogP contribution in [0, 0.1) is 0 Å². The number of nitrogens with two attached hydrogens (primary N) is 1. The molecule has 0 spiro atoms. The summed E-state index contributed by atoms with van der Waals surface area (Å²) >= 11 is 1.62. The molecule has 0 amide bonds. The van der Waals surface area contributed by atoms with Gasteiger partial charge in [0.15, 0.2) is 0 Å². The van der Waals surface area contributed by atoms with Crippen LogP contribution in [0.2, 0.25) is 0 Å². The lowest BCUT2D eigenvalue weighted by Gasteiger charge is -2.21. The van der Waals surface area contributed by atoms with E-state index in [1.165, 1.54) is 6.07 Å². The number of pyridine rings is 1. The third-order valence-corrected chi connectivity index (χ3v) is 3.05. The van der Waals surface area contributed by atoms with Crippen molar-refractivity contribution < 1.29 is 13.2 Å². The number of halogens is 3. The monoisotopic (exact) mass is 279 g/mol. The first-order valence-electron chi connectivity index (χ1n) is 5.37. The first-order chi connectivity index (χ1) is 8.40. The Bertz CT molecular complexity index is 396. The van der Waals surface area contributed by atoms with Crippen molar-refractivity contribution in [1.82, 2.24) is 4.98 Å². The van der Waals surface area contributed by atoms with Gasteiger partial charge in [0.2, 0.25) is 0 Å². The Kier molecular flexibility index (Phi) is 5.28. The number of rotatable bonds is 5. The van der Waals surface area contributed by atoms with Gasteiger partial charge in [-0.15, -0.1) is 0 Å². The molecule has 0 saturated carbocycles. The van der Waals surface area contributed by atoms with Crippen molar-refractivity contribution in [1.29, 1.82) is 0 Å². The van der Waals surface area contributed by atoms with Gasteiger partial charge in [-0.3, -0.25) is 0 Å². The zero-order valence-electron chi connectivity index (χ0n) is 10.3. The van der Waals surface area contributed by atoms with Gasteiger partial charge >= 0.3 is 6.18 Å². The number of hydrogen-bond donors (Lipinski definition) is 1. The minimum atomic E-state index is -4.43. The Balaban J connectivity index is 3.06. The van der Waals surface area contributed by atoms with Gasteiger partial charge in [-0.25, -0.2) is 4.98 Å². The molecule has 1 aromatic heterocycles. The first kappa shape index (κ1) is 15.1. The Hall–Kier alpha value is -0.950. The Morgan fingerprint density at radius 3 is 2.56 bits per heavy atom. The summed E-state index contributed by atoms with van der Waals surface area (Å²) in [6.45, 7) is 0.798. The molecule has 1 aromatic rings. The van der Waals surface area contributed by atoms with E-state index in [-0.39, 0.29) is 6.54 Å². The van der Waals surface area contributed by atoms with Crippen LogP contribution < -0.4 is 10.6 Å². The maximum Gasteiger partial charge on any atom is 0.433 e. The highest BCUT2D eigenvalue weighted by Crippen LogP contribution is 2.30. The zero-order valence-corrected chi connectivity index (χ0v) is 11.1. The van der Waals surface area contributed by atoms with Gasteiger partial charge in [0.1, 0.15) is 11.5 Å². The van der Waals surface area contributed by atoms with Crippen molar-refractivity contribution in [2.45, 2.75) is 12.7 Å². The fourth-order valence-corrected chi connectivity index (χ4v) is 1.92. The maximum atomic E-state index is 12.6. The molecule has 0 aliphatic carbocycles. The van der Waals surface area contributed by atoms with E-state index in [2.05, 4.69) is 4.98 Å². The van der Waals surface area contributed by atoms with Gasteiger partial charge in [-0.2, -0.15) is 24.9 Å². The number of thioether (sulfide) groups is 1. The van der Waals surface area contributed by atoms with Crippen LogP contribution in [0.5, 0.6) is 0 Å². The molecule has 102 valence electrons. The van der Waals surface area contributed by atoms with Crippen LogP contribution in [0.1, 0.15) is 11.3 Å². The van der Waals surface area contributed by atoms with Crippen LogP contribution in [0.3, 0.4) is 0 Å². The normalized spacial score (nSPS) is 11.7. The summed E-state index contributed by atoms with van der Waals surface area (Å²) in [5, 5.41) is 0. The summed E-state index contributed by atoms with van der Waals surface area (Å²) in [7, 11) is 1.72. The average Bonchev–Trinajstić information content (AvgIpc) is 2.34. The van der Waals surface area contributed by atoms with Gasteiger partial charge in [-0.1, -0.05) is 6.07 Å². The molecule has 0 saturated heterocycles. The second kappa shape index (κ2) is 6.29. The van der Waals surface area contributed by atoms with E-state index in [0.717, 1.165) is 11.8 Å². The third kappa shape index (κ3) is 3.78. The average molecular weight is 279 g/mol. The van der Waals surface area contributed by atoms with E-state index in [9.17, 15) is 13.2 Å². The molecule has 3 nitrogen and oxygen atoms in total. The van der Waals surface area contributed by atoms with Crippen molar-refractivity contribution in [2.24, 2.45) is 5.73 Å². The van der Waals surface area contributed by atoms with Crippen LogP contribution in [0.25, 0.3) is 0 Å². The molecule has 18 heavy (non-hydrogen) atoms. The van der Waals surface area contributed by atoms with E-state index in [1.54, 1.807) is 23.7 Å². The topological polar surface area (TPSA) is 42.2 Å². The SMILES string of the molecule is CSCCN(C)c1nc(C(F)(F)F)ccc1CN. The molecule has 0 radical (unpaired) electrons. The molecule has 0 aliphatic heterocycles. The molecule has 7 heteroatoms. The van der Waals surface area contributed by atoms with E-state index in [4.69, 9.17) is 5.73 Å². The summed E-state index contributed by atoms with van der Waals surface area (Å²) in [6, 6.07) is 2.36. The number of anilines is 1. The van der Waals surface area contributed by atoms with E-state index in [0.29, 0.717) is 17.9 Å². The number of nitrogens with zero attached hydrogens (tertiary/aromatic N) is 2. The Morgan fingerprint density at radius 2 is 2.06 bits per heavy atom. The predicted octanol–water partition coefficient (Wildman–Crippen LogP) is 2.36. The maximum absolute atomic E-state index is 12.6. The summed E-state index contributed by atoms with van der Waals surface area (Å²) in [5.41, 5.74) is 5.26. The number of aromatic nitrogens is 1. The summed E-state index contributed by atoms with van der Waals surface area (Å²) in [4.78, 5) is 5.38. The summed E-state index contributed by atoms with van der Waals surface area (Å²) < 4.78 is 37.8. The van der Waals surface area contributed by atoms with E-state index >= 15 is 0 Å². The van der Waals surface area contributed by atoms with Crippen molar-refractivity contribution in [2.75, 3.05) is 30.5 Å².